The van der Waals surface area contributed by atoms with E-state index in [1.807, 2.05) is 0 Å². The first-order valence-corrected chi connectivity index (χ1v) is 9.73. The molecule has 1 amide bonds. The van der Waals surface area contributed by atoms with Crippen LogP contribution in [-0.2, 0) is 11.0 Å². The van der Waals surface area contributed by atoms with Gasteiger partial charge in [0, 0.05) is 24.5 Å². The van der Waals surface area contributed by atoms with Gasteiger partial charge in [0.25, 0.3) is 0 Å². The molecular weight excluding hydrogens is 371 g/mol. The zero-order valence-corrected chi connectivity index (χ0v) is 15.5. The van der Waals surface area contributed by atoms with Gasteiger partial charge in [-0.25, -0.2) is 0 Å². The number of alkyl halides is 3. The number of rotatable bonds is 5. The fraction of sp³-hybridized carbons (Fsp3) is 0.579. The van der Waals surface area contributed by atoms with Gasteiger partial charge in [-0.3, -0.25) is 14.8 Å². The van der Waals surface area contributed by atoms with Crippen molar-refractivity contribution in [1.82, 2.24) is 20.4 Å². The molecule has 0 bridgehead atoms. The minimum atomic E-state index is -4.42. The molecule has 2 heterocycles. The normalized spacial score (nSPS) is 19.5. The van der Waals surface area contributed by atoms with Crippen molar-refractivity contribution in [1.29, 1.82) is 0 Å². The van der Waals surface area contributed by atoms with Crippen LogP contribution in [0, 0.1) is 0 Å². The fourth-order valence-electron chi connectivity index (χ4n) is 4.12. The van der Waals surface area contributed by atoms with Crippen molar-refractivity contribution in [2.45, 2.75) is 50.4 Å². The summed E-state index contributed by atoms with van der Waals surface area (Å²) in [6, 6.07) is 4.17. The van der Waals surface area contributed by atoms with Gasteiger partial charge in [0.05, 0.1) is 23.7 Å². The van der Waals surface area contributed by atoms with E-state index in [0.717, 1.165) is 25.2 Å². The number of likely N-dealkylation sites (tertiary alicyclic amines) is 1. The van der Waals surface area contributed by atoms with Gasteiger partial charge < -0.3 is 10.6 Å². The smallest absolute Gasteiger partial charge is 0.359 e. The zero-order chi connectivity index (χ0) is 19.7. The Morgan fingerprint density at radius 1 is 1.21 bits per heavy atom. The number of nitrogens with zero attached hydrogens (tertiary/aromatic N) is 2. The van der Waals surface area contributed by atoms with Crippen LogP contribution >= 0.6 is 0 Å². The second-order valence-corrected chi connectivity index (χ2v) is 7.69. The van der Waals surface area contributed by atoms with Crippen molar-refractivity contribution >= 4 is 22.6 Å². The first-order valence-electron chi connectivity index (χ1n) is 9.73. The maximum Gasteiger partial charge on any atom is 0.416 e. The average Bonchev–Trinajstić information content (AvgIpc) is 3.05. The van der Waals surface area contributed by atoms with Crippen LogP contribution in [0.1, 0.15) is 37.7 Å². The maximum absolute atomic E-state index is 12.9. The highest BCUT2D eigenvalue weighted by Gasteiger charge is 2.33. The molecule has 9 heteroatoms. The van der Waals surface area contributed by atoms with Gasteiger partial charge in [0.15, 0.2) is 5.82 Å². The van der Waals surface area contributed by atoms with Crippen LogP contribution in [0.4, 0.5) is 19.0 Å². The van der Waals surface area contributed by atoms with E-state index < -0.39 is 11.7 Å². The van der Waals surface area contributed by atoms with Crippen molar-refractivity contribution in [2.75, 3.05) is 25.0 Å². The molecule has 1 saturated carbocycles. The quantitative estimate of drug-likeness (QED) is 0.727. The van der Waals surface area contributed by atoms with Crippen molar-refractivity contribution in [2.24, 2.45) is 0 Å². The Morgan fingerprint density at radius 3 is 2.68 bits per heavy atom. The number of aromatic nitrogens is 2. The number of anilines is 1. The van der Waals surface area contributed by atoms with Crippen molar-refractivity contribution in [3.8, 4) is 0 Å². The van der Waals surface area contributed by atoms with Crippen molar-refractivity contribution in [3.63, 3.8) is 0 Å². The second kappa shape index (κ2) is 7.62. The van der Waals surface area contributed by atoms with Crippen molar-refractivity contribution < 1.29 is 18.0 Å². The lowest BCUT2D eigenvalue weighted by molar-refractivity contribution is -0.137. The van der Waals surface area contributed by atoms with E-state index in [9.17, 15) is 18.0 Å². The molecule has 0 spiro atoms. The molecule has 152 valence electrons. The third-order valence-electron chi connectivity index (χ3n) is 5.67. The molecule has 2 aliphatic rings. The summed E-state index contributed by atoms with van der Waals surface area (Å²) in [6.45, 7) is 1.71. The number of carbonyl (C=O) groups excluding carboxylic acids is 1. The number of benzene rings is 1. The predicted octanol–water partition coefficient (Wildman–Crippen LogP) is 3.13. The Hall–Kier alpha value is -2.29. The number of fused-ring (bicyclic) bond motifs is 1. The number of hydrogen-bond acceptors (Lipinski definition) is 4. The minimum absolute atomic E-state index is 0.0316. The Kier molecular flexibility index (Phi) is 5.18. The van der Waals surface area contributed by atoms with Gasteiger partial charge in [-0.05, 0) is 31.0 Å². The highest BCUT2D eigenvalue weighted by Crippen LogP contribution is 2.32. The molecule has 28 heavy (non-hydrogen) atoms. The standard InChI is InChI=1S/C19H24F3N5O/c20-19(21,22)12-6-7-16-15(8-12)18(26-25-16)23-9-17(28)24-13-10-27(11-13)14-4-2-1-3-5-14/h6-8,13-14H,1-5,9-11H2,(H,24,28)(H2,23,25,26). The molecule has 0 radical (unpaired) electrons. The van der Waals surface area contributed by atoms with E-state index in [2.05, 4.69) is 25.7 Å². The van der Waals surface area contributed by atoms with Gasteiger partial charge >= 0.3 is 6.18 Å². The van der Waals surface area contributed by atoms with Gasteiger partial charge in [0.2, 0.25) is 5.91 Å². The van der Waals surface area contributed by atoms with Crippen LogP contribution in [0.5, 0.6) is 0 Å². The van der Waals surface area contributed by atoms with E-state index in [1.165, 1.54) is 38.2 Å². The van der Waals surface area contributed by atoms with Crippen LogP contribution in [0.15, 0.2) is 18.2 Å². The fourth-order valence-corrected chi connectivity index (χ4v) is 4.12. The van der Waals surface area contributed by atoms with Gasteiger partial charge in [0.1, 0.15) is 0 Å². The number of H-pyrrole nitrogens is 1. The lowest BCUT2D eigenvalue weighted by Gasteiger charge is -2.45. The molecule has 1 aromatic carbocycles. The highest BCUT2D eigenvalue weighted by molar-refractivity contribution is 5.92. The second-order valence-electron chi connectivity index (χ2n) is 7.69. The molecule has 4 rings (SSSR count). The number of halogens is 3. The molecule has 1 aromatic heterocycles. The maximum atomic E-state index is 12.9. The molecule has 0 atom stereocenters. The van der Waals surface area contributed by atoms with E-state index in [1.54, 1.807) is 0 Å². The minimum Gasteiger partial charge on any atom is -0.359 e. The molecule has 3 N–H and O–H groups in total. The third kappa shape index (κ3) is 4.09. The molecule has 0 unspecified atom stereocenters. The number of carbonyl (C=O) groups is 1. The highest BCUT2D eigenvalue weighted by atomic mass is 19.4. The van der Waals surface area contributed by atoms with E-state index in [4.69, 9.17) is 0 Å². The number of hydrogen-bond donors (Lipinski definition) is 3. The molecule has 1 saturated heterocycles. The lowest BCUT2D eigenvalue weighted by atomic mass is 9.91. The monoisotopic (exact) mass is 395 g/mol. The topological polar surface area (TPSA) is 73.0 Å². The summed E-state index contributed by atoms with van der Waals surface area (Å²) < 4.78 is 38.7. The summed E-state index contributed by atoms with van der Waals surface area (Å²) in [4.78, 5) is 14.6. The Labute approximate surface area is 160 Å². The lowest BCUT2D eigenvalue weighted by Crippen LogP contribution is -2.62. The Balaban J connectivity index is 1.28. The Bertz CT molecular complexity index is 838. The van der Waals surface area contributed by atoms with Crippen molar-refractivity contribution in [3.05, 3.63) is 23.8 Å². The predicted molar refractivity (Wildman–Crippen MR) is 100.0 cm³/mol. The Morgan fingerprint density at radius 2 is 1.96 bits per heavy atom. The van der Waals surface area contributed by atoms with Crippen LogP contribution < -0.4 is 10.6 Å². The number of aromatic amines is 1. The van der Waals surface area contributed by atoms with E-state index in [-0.39, 0.29) is 24.3 Å². The average molecular weight is 395 g/mol. The van der Waals surface area contributed by atoms with E-state index in [0.29, 0.717) is 16.9 Å². The summed E-state index contributed by atoms with van der Waals surface area (Å²) in [7, 11) is 0. The SMILES string of the molecule is O=C(CNc1n[nH]c2ccc(C(F)(F)F)cc12)NC1CN(C2CCCCC2)C1. The third-order valence-corrected chi connectivity index (χ3v) is 5.67. The van der Waals surface area contributed by atoms with Gasteiger partial charge in [-0.2, -0.15) is 18.3 Å². The first-order chi connectivity index (χ1) is 13.4. The molecule has 2 aromatic rings. The van der Waals surface area contributed by atoms with Crippen LogP contribution in [0.3, 0.4) is 0 Å². The van der Waals surface area contributed by atoms with Crippen LogP contribution in [0.2, 0.25) is 0 Å². The first kappa shape index (κ1) is 19.0. The van der Waals surface area contributed by atoms with Crippen LogP contribution in [0.25, 0.3) is 10.9 Å². The summed E-state index contributed by atoms with van der Waals surface area (Å²) in [5, 5.41) is 12.8. The van der Waals surface area contributed by atoms with E-state index >= 15 is 0 Å². The number of nitrogens with one attached hydrogen (secondary N) is 3. The number of amides is 1. The molecular formula is C19H24F3N5O. The van der Waals surface area contributed by atoms with Crippen LogP contribution in [-0.4, -0.2) is 52.7 Å². The van der Waals surface area contributed by atoms with Gasteiger partial charge in [-0.15, -0.1) is 0 Å². The van der Waals surface area contributed by atoms with Gasteiger partial charge in [-0.1, -0.05) is 19.3 Å². The summed E-state index contributed by atoms with van der Waals surface area (Å²) >= 11 is 0. The zero-order valence-electron chi connectivity index (χ0n) is 15.5. The molecule has 2 fully saturated rings. The summed E-state index contributed by atoms with van der Waals surface area (Å²) in [5.41, 5.74) is -0.260. The largest absolute Gasteiger partial charge is 0.416 e. The summed E-state index contributed by atoms with van der Waals surface area (Å²) in [6.07, 6.45) is 1.96. The molecule has 1 aliphatic carbocycles. The summed E-state index contributed by atoms with van der Waals surface area (Å²) in [5.74, 6) is 0.0603. The molecule has 1 aliphatic heterocycles. The molecule has 6 nitrogen and oxygen atoms in total.